The van der Waals surface area contributed by atoms with E-state index in [0.29, 0.717) is 6.61 Å². The van der Waals surface area contributed by atoms with Crippen molar-refractivity contribution in [1.29, 1.82) is 0 Å². The molecule has 0 saturated heterocycles. The fourth-order valence-corrected chi connectivity index (χ4v) is 1.62. The van der Waals surface area contributed by atoms with Crippen molar-refractivity contribution in [2.75, 3.05) is 21.3 Å². The van der Waals surface area contributed by atoms with Gasteiger partial charge in [-0.1, -0.05) is 24.3 Å². The number of nitrogens with one attached hydrogen (secondary N) is 1. The first-order valence-corrected chi connectivity index (χ1v) is 5.06. The van der Waals surface area contributed by atoms with Gasteiger partial charge in [0.15, 0.2) is 0 Å². The van der Waals surface area contributed by atoms with Gasteiger partial charge in [0.05, 0.1) is 13.7 Å². The summed E-state index contributed by atoms with van der Waals surface area (Å²) < 4.78 is 9.85. The van der Waals surface area contributed by atoms with E-state index in [1.165, 1.54) is 7.11 Å². The van der Waals surface area contributed by atoms with E-state index in [4.69, 9.17) is 9.47 Å². The lowest BCUT2D eigenvalue weighted by Gasteiger charge is -2.17. The lowest BCUT2D eigenvalue weighted by atomic mass is 10.0. The Morgan fingerprint density at radius 1 is 1.38 bits per heavy atom. The molecule has 1 aromatic carbocycles. The normalized spacial score (nSPS) is 12.2. The van der Waals surface area contributed by atoms with Gasteiger partial charge in [0.2, 0.25) is 0 Å². The first-order chi connectivity index (χ1) is 7.74. The molecule has 4 nitrogen and oxygen atoms in total. The minimum Gasteiger partial charge on any atom is -0.468 e. The van der Waals surface area contributed by atoms with Gasteiger partial charge in [0.25, 0.3) is 0 Å². The van der Waals surface area contributed by atoms with E-state index < -0.39 is 6.04 Å². The molecule has 88 valence electrons. The zero-order valence-corrected chi connectivity index (χ0v) is 9.82. The van der Waals surface area contributed by atoms with E-state index >= 15 is 0 Å². The monoisotopic (exact) mass is 223 g/mol. The van der Waals surface area contributed by atoms with E-state index in [1.54, 1.807) is 14.2 Å². The number of ether oxygens (including phenoxy) is 2. The number of likely N-dealkylation sites (N-methyl/N-ethyl adjacent to an activating group) is 1. The Morgan fingerprint density at radius 2 is 2.06 bits per heavy atom. The average molecular weight is 223 g/mol. The van der Waals surface area contributed by atoms with Crippen LogP contribution in [0.1, 0.15) is 17.2 Å². The molecule has 0 aliphatic rings. The molecule has 0 aromatic heterocycles. The topological polar surface area (TPSA) is 47.6 Å². The molecule has 0 spiro atoms. The number of rotatable bonds is 5. The van der Waals surface area contributed by atoms with Gasteiger partial charge in [-0.2, -0.15) is 0 Å². The zero-order valence-electron chi connectivity index (χ0n) is 9.82. The fourth-order valence-electron chi connectivity index (χ4n) is 1.62. The molecule has 1 unspecified atom stereocenters. The minimum absolute atomic E-state index is 0.300. The maximum atomic E-state index is 11.6. The van der Waals surface area contributed by atoms with Gasteiger partial charge in [0.1, 0.15) is 6.04 Å². The summed E-state index contributed by atoms with van der Waals surface area (Å²) in [5.74, 6) is -0.300. The van der Waals surface area contributed by atoms with Crippen molar-refractivity contribution < 1.29 is 14.3 Å². The number of carbonyl (C=O) groups excluding carboxylic acids is 1. The molecule has 1 atom stereocenters. The Balaban J connectivity index is 3.03. The van der Waals surface area contributed by atoms with E-state index in [2.05, 4.69) is 5.32 Å². The van der Waals surface area contributed by atoms with Crippen molar-refractivity contribution in [3.63, 3.8) is 0 Å². The molecule has 0 aliphatic carbocycles. The predicted molar refractivity (Wildman–Crippen MR) is 61.0 cm³/mol. The third-order valence-corrected chi connectivity index (χ3v) is 2.39. The van der Waals surface area contributed by atoms with Crippen LogP contribution in [0.5, 0.6) is 0 Å². The SMILES string of the molecule is CNC(C(=O)OC)c1ccccc1COC. The molecule has 0 heterocycles. The summed E-state index contributed by atoms with van der Waals surface area (Å²) in [6.45, 7) is 0.478. The first-order valence-electron chi connectivity index (χ1n) is 5.06. The highest BCUT2D eigenvalue weighted by Crippen LogP contribution is 2.19. The number of hydrogen-bond donors (Lipinski definition) is 1. The molecular weight excluding hydrogens is 206 g/mol. The summed E-state index contributed by atoms with van der Waals surface area (Å²) in [7, 11) is 4.74. The van der Waals surface area contributed by atoms with Gasteiger partial charge in [-0.05, 0) is 18.2 Å². The van der Waals surface area contributed by atoms with E-state index in [-0.39, 0.29) is 5.97 Å². The van der Waals surface area contributed by atoms with Gasteiger partial charge >= 0.3 is 5.97 Å². The van der Waals surface area contributed by atoms with Crippen molar-refractivity contribution in [3.8, 4) is 0 Å². The number of esters is 1. The number of benzene rings is 1. The van der Waals surface area contributed by atoms with Crippen LogP contribution in [0.15, 0.2) is 24.3 Å². The summed E-state index contributed by atoms with van der Waals surface area (Å²) in [6, 6.07) is 7.19. The Hall–Kier alpha value is -1.39. The third kappa shape index (κ3) is 2.81. The molecule has 1 rings (SSSR count). The molecule has 0 bridgehead atoms. The van der Waals surface area contributed by atoms with Crippen LogP contribution in [0.4, 0.5) is 0 Å². The summed E-state index contributed by atoms with van der Waals surface area (Å²) in [6.07, 6.45) is 0. The van der Waals surface area contributed by atoms with Crippen LogP contribution < -0.4 is 5.32 Å². The minimum atomic E-state index is -0.448. The lowest BCUT2D eigenvalue weighted by molar-refractivity contribution is -0.143. The van der Waals surface area contributed by atoms with Gasteiger partial charge in [-0.15, -0.1) is 0 Å². The summed E-state index contributed by atoms with van der Waals surface area (Å²) in [5, 5.41) is 2.94. The van der Waals surface area contributed by atoms with Crippen LogP contribution in [0.2, 0.25) is 0 Å². The van der Waals surface area contributed by atoms with Crippen molar-refractivity contribution in [3.05, 3.63) is 35.4 Å². The second-order valence-electron chi connectivity index (χ2n) is 3.38. The van der Waals surface area contributed by atoms with Crippen molar-refractivity contribution in [2.45, 2.75) is 12.6 Å². The predicted octanol–water partition coefficient (Wildman–Crippen LogP) is 1.27. The van der Waals surface area contributed by atoms with Gasteiger partial charge in [-0.3, -0.25) is 0 Å². The standard InChI is InChI=1S/C12H17NO3/c1-13-11(12(14)16-3)10-7-5-4-6-9(10)8-15-2/h4-7,11,13H,8H2,1-3H3. The van der Waals surface area contributed by atoms with Crippen LogP contribution >= 0.6 is 0 Å². The average Bonchev–Trinajstić information content (AvgIpc) is 2.32. The molecule has 0 aliphatic heterocycles. The van der Waals surface area contributed by atoms with Crippen LogP contribution in [0, 0.1) is 0 Å². The number of methoxy groups -OCH3 is 2. The molecule has 1 N–H and O–H groups in total. The molecule has 0 radical (unpaired) electrons. The molecule has 1 aromatic rings. The lowest BCUT2D eigenvalue weighted by Crippen LogP contribution is -2.27. The molecule has 0 saturated carbocycles. The highest BCUT2D eigenvalue weighted by atomic mass is 16.5. The number of carbonyl (C=O) groups is 1. The quantitative estimate of drug-likeness (QED) is 0.764. The highest BCUT2D eigenvalue weighted by molar-refractivity contribution is 5.78. The number of hydrogen-bond acceptors (Lipinski definition) is 4. The van der Waals surface area contributed by atoms with Crippen molar-refractivity contribution >= 4 is 5.97 Å². The molecule has 0 amide bonds. The largest absolute Gasteiger partial charge is 0.468 e. The van der Waals surface area contributed by atoms with Crippen LogP contribution in [-0.2, 0) is 20.9 Å². The zero-order chi connectivity index (χ0) is 12.0. The molecule has 0 fully saturated rings. The molecule has 4 heteroatoms. The summed E-state index contributed by atoms with van der Waals surface area (Å²) in [4.78, 5) is 11.6. The highest BCUT2D eigenvalue weighted by Gasteiger charge is 2.21. The Labute approximate surface area is 95.6 Å². The van der Waals surface area contributed by atoms with E-state index in [0.717, 1.165) is 11.1 Å². The Kier molecular flexibility index (Phi) is 4.95. The van der Waals surface area contributed by atoms with Crippen molar-refractivity contribution in [2.24, 2.45) is 0 Å². The van der Waals surface area contributed by atoms with Crippen molar-refractivity contribution in [1.82, 2.24) is 5.32 Å². The van der Waals surface area contributed by atoms with Crippen LogP contribution in [0.3, 0.4) is 0 Å². The maximum Gasteiger partial charge on any atom is 0.327 e. The summed E-state index contributed by atoms with van der Waals surface area (Å²) >= 11 is 0. The van der Waals surface area contributed by atoms with E-state index in [1.807, 2.05) is 24.3 Å². The first kappa shape index (κ1) is 12.7. The maximum absolute atomic E-state index is 11.6. The smallest absolute Gasteiger partial charge is 0.327 e. The van der Waals surface area contributed by atoms with Crippen LogP contribution in [0.25, 0.3) is 0 Å². The van der Waals surface area contributed by atoms with Gasteiger partial charge < -0.3 is 14.8 Å². The fraction of sp³-hybridized carbons (Fsp3) is 0.417. The second kappa shape index (κ2) is 6.25. The van der Waals surface area contributed by atoms with Crippen LogP contribution in [-0.4, -0.2) is 27.2 Å². The Bertz CT molecular complexity index is 352. The van der Waals surface area contributed by atoms with E-state index in [9.17, 15) is 4.79 Å². The molecular formula is C12H17NO3. The van der Waals surface area contributed by atoms with Gasteiger partial charge in [-0.25, -0.2) is 4.79 Å². The third-order valence-electron chi connectivity index (χ3n) is 2.39. The Morgan fingerprint density at radius 3 is 2.62 bits per heavy atom. The molecule has 16 heavy (non-hydrogen) atoms. The van der Waals surface area contributed by atoms with Gasteiger partial charge in [0, 0.05) is 7.11 Å². The summed E-state index contributed by atoms with van der Waals surface area (Å²) in [5.41, 5.74) is 1.87. The second-order valence-corrected chi connectivity index (χ2v) is 3.38.